The van der Waals surface area contributed by atoms with Gasteiger partial charge >= 0.3 is 0 Å². The number of rotatable bonds is 4. The summed E-state index contributed by atoms with van der Waals surface area (Å²) in [6, 6.07) is 6.07. The Morgan fingerprint density at radius 2 is 2.11 bits per heavy atom. The van der Waals surface area contributed by atoms with Crippen LogP contribution < -0.4 is 5.73 Å². The smallest absolute Gasteiger partial charge is 0.243 e. The van der Waals surface area contributed by atoms with E-state index in [0.717, 1.165) is 5.56 Å². The first-order chi connectivity index (χ1) is 8.56. The molecule has 1 heterocycles. The molecular weight excluding hydrogens is 269 g/mol. The second-order valence-electron chi connectivity index (χ2n) is 4.63. The molecule has 1 aromatic heterocycles. The van der Waals surface area contributed by atoms with Crippen LogP contribution in [0.2, 0.25) is 0 Å². The van der Waals surface area contributed by atoms with Crippen LogP contribution in [0.15, 0.2) is 28.8 Å². The summed E-state index contributed by atoms with van der Waals surface area (Å²) < 4.78 is 18.1. The molecule has 0 bridgehead atoms. The third-order valence-electron chi connectivity index (χ3n) is 2.74. The fraction of sp³-hybridized carbons (Fsp3) is 0.385. The highest BCUT2D eigenvalue weighted by molar-refractivity contribution is 5.85. The maximum absolute atomic E-state index is 13.0. The lowest BCUT2D eigenvalue weighted by atomic mass is 10.1. The summed E-state index contributed by atoms with van der Waals surface area (Å²) in [5, 5.41) is 3.86. The van der Waals surface area contributed by atoms with E-state index < -0.39 is 0 Å². The Morgan fingerprint density at radius 1 is 1.37 bits per heavy atom. The topological polar surface area (TPSA) is 64.9 Å². The lowest BCUT2D eigenvalue weighted by Gasteiger charge is -2.09. The van der Waals surface area contributed by atoms with E-state index in [1.807, 2.05) is 19.9 Å². The molecular formula is C13H17ClFN3O. The van der Waals surface area contributed by atoms with Crippen molar-refractivity contribution in [2.24, 2.45) is 11.7 Å². The first-order valence-electron chi connectivity index (χ1n) is 5.89. The van der Waals surface area contributed by atoms with Crippen LogP contribution in [0.4, 0.5) is 4.39 Å². The lowest BCUT2D eigenvalue weighted by molar-refractivity contribution is 0.322. The van der Waals surface area contributed by atoms with Gasteiger partial charge in [0.15, 0.2) is 5.82 Å². The van der Waals surface area contributed by atoms with Gasteiger partial charge in [0.1, 0.15) is 5.82 Å². The van der Waals surface area contributed by atoms with Gasteiger partial charge in [-0.25, -0.2) is 4.39 Å². The number of benzene rings is 1. The van der Waals surface area contributed by atoms with Crippen molar-refractivity contribution in [3.63, 3.8) is 0 Å². The molecule has 1 atom stereocenters. The third kappa shape index (κ3) is 4.01. The monoisotopic (exact) mass is 285 g/mol. The summed E-state index contributed by atoms with van der Waals surface area (Å²) in [5.74, 6) is 0.908. The van der Waals surface area contributed by atoms with E-state index in [0.29, 0.717) is 18.1 Å². The van der Waals surface area contributed by atoms with Crippen molar-refractivity contribution in [3.05, 3.63) is 47.4 Å². The number of aromatic nitrogens is 2. The number of hydrogen-bond donors (Lipinski definition) is 1. The zero-order valence-electron chi connectivity index (χ0n) is 10.8. The summed E-state index contributed by atoms with van der Waals surface area (Å²) >= 11 is 0. The standard InChI is InChI=1S/C13H16FN3O.ClH/c1-8(2)12(15)13-16-11(17-18-13)7-9-4-3-5-10(14)6-9;/h3-6,8,12H,7,15H2,1-2H3;1H. The highest BCUT2D eigenvalue weighted by Crippen LogP contribution is 2.17. The Morgan fingerprint density at radius 3 is 2.74 bits per heavy atom. The number of nitrogens with zero attached hydrogens (tertiary/aromatic N) is 2. The van der Waals surface area contributed by atoms with E-state index in [-0.39, 0.29) is 30.2 Å². The SMILES string of the molecule is CC(C)C(N)c1nc(Cc2cccc(F)c2)no1.Cl. The van der Waals surface area contributed by atoms with Crippen molar-refractivity contribution in [1.29, 1.82) is 0 Å². The average Bonchev–Trinajstić information content (AvgIpc) is 2.76. The largest absolute Gasteiger partial charge is 0.338 e. The maximum atomic E-state index is 13.0. The van der Waals surface area contributed by atoms with E-state index in [1.165, 1.54) is 12.1 Å². The van der Waals surface area contributed by atoms with E-state index in [4.69, 9.17) is 10.3 Å². The van der Waals surface area contributed by atoms with Gasteiger partial charge in [0.25, 0.3) is 0 Å². The van der Waals surface area contributed by atoms with Crippen LogP contribution in [0, 0.1) is 11.7 Å². The molecule has 0 radical (unpaired) electrons. The molecule has 0 amide bonds. The minimum Gasteiger partial charge on any atom is -0.338 e. The molecule has 19 heavy (non-hydrogen) atoms. The van der Waals surface area contributed by atoms with Crippen LogP contribution in [-0.2, 0) is 6.42 Å². The van der Waals surface area contributed by atoms with Gasteiger partial charge in [-0.05, 0) is 23.6 Å². The normalized spacial score (nSPS) is 12.3. The quantitative estimate of drug-likeness (QED) is 0.938. The summed E-state index contributed by atoms with van der Waals surface area (Å²) in [6.45, 7) is 3.97. The summed E-state index contributed by atoms with van der Waals surface area (Å²) in [7, 11) is 0. The summed E-state index contributed by atoms with van der Waals surface area (Å²) in [4.78, 5) is 4.23. The molecule has 0 saturated carbocycles. The van der Waals surface area contributed by atoms with E-state index >= 15 is 0 Å². The van der Waals surface area contributed by atoms with Crippen molar-refractivity contribution >= 4 is 12.4 Å². The molecule has 2 N–H and O–H groups in total. The fourth-order valence-electron chi connectivity index (χ4n) is 1.59. The molecule has 0 fully saturated rings. The Kier molecular flexibility index (Phi) is 5.44. The summed E-state index contributed by atoms with van der Waals surface area (Å²) in [5.41, 5.74) is 6.72. The number of nitrogens with two attached hydrogens (primary N) is 1. The van der Waals surface area contributed by atoms with Crippen LogP contribution in [-0.4, -0.2) is 10.1 Å². The van der Waals surface area contributed by atoms with Crippen molar-refractivity contribution in [1.82, 2.24) is 10.1 Å². The molecule has 0 aliphatic carbocycles. The predicted molar refractivity (Wildman–Crippen MR) is 72.5 cm³/mol. The molecule has 0 aliphatic heterocycles. The van der Waals surface area contributed by atoms with Gasteiger partial charge in [-0.2, -0.15) is 4.98 Å². The fourth-order valence-corrected chi connectivity index (χ4v) is 1.59. The second kappa shape index (κ2) is 6.63. The maximum Gasteiger partial charge on any atom is 0.243 e. The van der Waals surface area contributed by atoms with Gasteiger partial charge in [-0.15, -0.1) is 12.4 Å². The van der Waals surface area contributed by atoms with Gasteiger partial charge in [0.05, 0.1) is 6.04 Å². The van der Waals surface area contributed by atoms with Gasteiger partial charge in [0, 0.05) is 6.42 Å². The molecule has 1 unspecified atom stereocenters. The third-order valence-corrected chi connectivity index (χ3v) is 2.74. The Labute approximate surface area is 117 Å². The molecule has 2 rings (SSSR count). The van der Waals surface area contributed by atoms with Crippen LogP contribution in [0.1, 0.15) is 37.2 Å². The average molecular weight is 286 g/mol. The first kappa shape index (κ1) is 15.6. The van der Waals surface area contributed by atoms with Gasteiger partial charge < -0.3 is 10.3 Å². The van der Waals surface area contributed by atoms with Crippen LogP contribution in [0.25, 0.3) is 0 Å². The van der Waals surface area contributed by atoms with Crippen LogP contribution in [0.3, 0.4) is 0 Å². The molecule has 6 heteroatoms. The number of hydrogen-bond acceptors (Lipinski definition) is 4. The molecule has 104 valence electrons. The number of halogens is 2. The van der Waals surface area contributed by atoms with Crippen molar-refractivity contribution in [3.8, 4) is 0 Å². The summed E-state index contributed by atoms with van der Waals surface area (Å²) in [6.07, 6.45) is 0.437. The van der Waals surface area contributed by atoms with Crippen LogP contribution in [0.5, 0.6) is 0 Å². The molecule has 1 aromatic carbocycles. The zero-order chi connectivity index (χ0) is 13.1. The van der Waals surface area contributed by atoms with Gasteiger partial charge in [0.2, 0.25) is 5.89 Å². The molecule has 0 saturated heterocycles. The van der Waals surface area contributed by atoms with E-state index in [2.05, 4.69) is 10.1 Å². The van der Waals surface area contributed by atoms with Gasteiger partial charge in [-0.3, -0.25) is 0 Å². The van der Waals surface area contributed by atoms with Crippen molar-refractivity contribution in [2.75, 3.05) is 0 Å². The first-order valence-corrected chi connectivity index (χ1v) is 5.89. The second-order valence-corrected chi connectivity index (χ2v) is 4.63. The van der Waals surface area contributed by atoms with Crippen molar-refractivity contribution in [2.45, 2.75) is 26.3 Å². The molecule has 0 aliphatic rings. The van der Waals surface area contributed by atoms with Crippen LogP contribution >= 0.6 is 12.4 Å². The Balaban J connectivity index is 0.00000180. The Hall–Kier alpha value is -1.46. The van der Waals surface area contributed by atoms with Crippen molar-refractivity contribution < 1.29 is 8.91 Å². The molecule has 4 nitrogen and oxygen atoms in total. The molecule has 0 spiro atoms. The van der Waals surface area contributed by atoms with E-state index in [1.54, 1.807) is 6.07 Å². The van der Waals surface area contributed by atoms with E-state index in [9.17, 15) is 4.39 Å². The predicted octanol–water partition coefficient (Wildman–Crippen LogP) is 2.88. The minimum absolute atomic E-state index is 0. The highest BCUT2D eigenvalue weighted by atomic mass is 35.5. The molecule has 2 aromatic rings. The minimum atomic E-state index is -0.268. The highest BCUT2D eigenvalue weighted by Gasteiger charge is 2.18. The van der Waals surface area contributed by atoms with Gasteiger partial charge in [-0.1, -0.05) is 31.1 Å². The Bertz CT molecular complexity index is 530. The lowest BCUT2D eigenvalue weighted by Crippen LogP contribution is -2.17. The zero-order valence-corrected chi connectivity index (χ0v) is 11.7.